The first-order valence-corrected chi connectivity index (χ1v) is 7.28. The Bertz CT molecular complexity index is 763. The number of ketones is 1. The Morgan fingerprint density at radius 1 is 1.25 bits per heavy atom. The highest BCUT2D eigenvalue weighted by Gasteiger charge is 2.30. The van der Waals surface area contributed by atoms with E-state index in [-0.39, 0.29) is 35.6 Å². The number of hydrogen-bond donors (Lipinski definition) is 1. The van der Waals surface area contributed by atoms with Crippen molar-refractivity contribution in [1.29, 1.82) is 0 Å². The molecule has 0 aliphatic rings. The number of benzene rings is 1. The number of Topliss-reactive ketones (excluding diaryl/α,β-unsaturated/α-hetero) is 1. The van der Waals surface area contributed by atoms with Crippen molar-refractivity contribution < 1.29 is 27.5 Å². The zero-order chi connectivity index (χ0) is 17.9. The maximum Gasteiger partial charge on any atom is 0.416 e. The molecule has 1 heterocycles. The number of hydrogen-bond acceptors (Lipinski definition) is 3. The van der Waals surface area contributed by atoms with Crippen LogP contribution in [0.25, 0.3) is 0 Å². The molecular weight excluding hydrogens is 323 g/mol. The SMILES string of the molecule is CCOC(=O)c1[nH]cc(C(=O)Cc2cccc(C(F)(F)F)c2)c1C. The minimum Gasteiger partial charge on any atom is -0.461 e. The van der Waals surface area contributed by atoms with Gasteiger partial charge in [0.25, 0.3) is 0 Å². The Morgan fingerprint density at radius 2 is 1.96 bits per heavy atom. The normalized spacial score (nSPS) is 11.4. The van der Waals surface area contributed by atoms with Crippen LogP contribution in [0.2, 0.25) is 0 Å². The maximum absolute atomic E-state index is 12.7. The molecule has 0 aliphatic carbocycles. The fourth-order valence-electron chi connectivity index (χ4n) is 2.34. The second-order valence-corrected chi connectivity index (χ2v) is 5.22. The molecule has 4 nitrogen and oxygen atoms in total. The third kappa shape index (κ3) is 3.84. The van der Waals surface area contributed by atoms with E-state index in [1.807, 2.05) is 0 Å². The molecule has 0 unspecified atom stereocenters. The van der Waals surface area contributed by atoms with E-state index in [2.05, 4.69) is 4.98 Å². The van der Waals surface area contributed by atoms with Gasteiger partial charge in [0.2, 0.25) is 0 Å². The molecule has 7 heteroatoms. The van der Waals surface area contributed by atoms with Gasteiger partial charge in [-0.2, -0.15) is 13.2 Å². The van der Waals surface area contributed by atoms with Gasteiger partial charge in [0, 0.05) is 18.2 Å². The Balaban J connectivity index is 2.21. The van der Waals surface area contributed by atoms with E-state index in [9.17, 15) is 22.8 Å². The minimum absolute atomic E-state index is 0.171. The molecule has 0 atom stereocenters. The summed E-state index contributed by atoms with van der Waals surface area (Å²) < 4.78 is 43.0. The van der Waals surface area contributed by atoms with Crippen LogP contribution in [0.4, 0.5) is 13.2 Å². The number of nitrogens with one attached hydrogen (secondary N) is 1. The van der Waals surface area contributed by atoms with Gasteiger partial charge >= 0.3 is 12.1 Å². The van der Waals surface area contributed by atoms with Crippen molar-refractivity contribution in [3.8, 4) is 0 Å². The molecule has 0 radical (unpaired) electrons. The average molecular weight is 339 g/mol. The number of aromatic nitrogens is 1. The topological polar surface area (TPSA) is 59.2 Å². The summed E-state index contributed by atoms with van der Waals surface area (Å²) in [6.07, 6.45) is -3.28. The number of carbonyl (C=O) groups excluding carboxylic acids is 2. The lowest BCUT2D eigenvalue weighted by molar-refractivity contribution is -0.137. The summed E-state index contributed by atoms with van der Waals surface area (Å²) in [7, 11) is 0. The molecule has 1 aromatic heterocycles. The lowest BCUT2D eigenvalue weighted by Gasteiger charge is -2.08. The Labute approximate surface area is 136 Å². The van der Waals surface area contributed by atoms with Crippen molar-refractivity contribution in [1.82, 2.24) is 4.98 Å². The predicted octanol–water partition coefficient (Wildman–Crippen LogP) is 3.94. The number of H-pyrrole nitrogens is 1. The monoisotopic (exact) mass is 339 g/mol. The Hall–Kier alpha value is -2.57. The largest absolute Gasteiger partial charge is 0.461 e. The average Bonchev–Trinajstić information content (AvgIpc) is 2.89. The smallest absolute Gasteiger partial charge is 0.416 e. The van der Waals surface area contributed by atoms with Gasteiger partial charge in [-0.3, -0.25) is 4.79 Å². The van der Waals surface area contributed by atoms with Gasteiger partial charge in [0.1, 0.15) is 5.69 Å². The van der Waals surface area contributed by atoms with Gasteiger partial charge < -0.3 is 9.72 Å². The molecular formula is C17H16F3NO3. The molecule has 2 rings (SSSR count). The summed E-state index contributed by atoms with van der Waals surface area (Å²) in [6, 6.07) is 4.63. The maximum atomic E-state index is 12.7. The van der Waals surface area contributed by atoms with E-state index in [0.717, 1.165) is 12.1 Å². The van der Waals surface area contributed by atoms with Crippen LogP contribution < -0.4 is 0 Å². The van der Waals surface area contributed by atoms with Crippen molar-refractivity contribution >= 4 is 11.8 Å². The number of esters is 1. The molecule has 1 aromatic carbocycles. The first-order valence-electron chi connectivity index (χ1n) is 7.28. The molecule has 0 aliphatic heterocycles. The van der Waals surface area contributed by atoms with Crippen LogP contribution in [-0.2, 0) is 17.3 Å². The van der Waals surface area contributed by atoms with Crippen molar-refractivity contribution in [3.05, 3.63) is 58.4 Å². The molecule has 0 bridgehead atoms. The van der Waals surface area contributed by atoms with E-state index >= 15 is 0 Å². The van der Waals surface area contributed by atoms with E-state index in [4.69, 9.17) is 4.74 Å². The Kier molecular flexibility index (Phi) is 5.11. The predicted molar refractivity (Wildman–Crippen MR) is 81.0 cm³/mol. The van der Waals surface area contributed by atoms with E-state index in [1.54, 1.807) is 13.8 Å². The standard InChI is InChI=1S/C17H16F3NO3/c1-3-24-16(23)15-10(2)13(9-21-15)14(22)8-11-5-4-6-12(7-11)17(18,19)20/h4-7,9,21H,3,8H2,1-2H3. The third-order valence-electron chi connectivity index (χ3n) is 3.54. The van der Waals surface area contributed by atoms with Crippen LogP contribution in [-0.4, -0.2) is 23.3 Å². The quantitative estimate of drug-likeness (QED) is 0.663. The van der Waals surface area contributed by atoms with Gasteiger partial charge in [0.05, 0.1) is 12.2 Å². The van der Waals surface area contributed by atoms with Crippen LogP contribution in [0.15, 0.2) is 30.5 Å². The highest BCUT2D eigenvalue weighted by atomic mass is 19.4. The highest BCUT2D eigenvalue weighted by molar-refractivity contribution is 6.02. The fourth-order valence-corrected chi connectivity index (χ4v) is 2.34. The Morgan fingerprint density at radius 3 is 2.58 bits per heavy atom. The van der Waals surface area contributed by atoms with Crippen molar-refractivity contribution in [2.75, 3.05) is 6.61 Å². The first-order chi connectivity index (χ1) is 11.2. The van der Waals surface area contributed by atoms with E-state index < -0.39 is 17.7 Å². The number of ether oxygens (including phenoxy) is 1. The second kappa shape index (κ2) is 6.90. The molecule has 24 heavy (non-hydrogen) atoms. The molecule has 0 saturated carbocycles. The summed E-state index contributed by atoms with van der Waals surface area (Å²) in [4.78, 5) is 26.7. The second-order valence-electron chi connectivity index (χ2n) is 5.22. The van der Waals surface area contributed by atoms with E-state index in [1.165, 1.54) is 18.3 Å². The molecule has 1 N–H and O–H groups in total. The lowest BCUT2D eigenvalue weighted by atomic mass is 10.0. The van der Waals surface area contributed by atoms with Crippen LogP contribution >= 0.6 is 0 Å². The van der Waals surface area contributed by atoms with Gasteiger partial charge in [-0.05, 0) is 31.0 Å². The summed E-state index contributed by atoms with van der Waals surface area (Å²) in [5.74, 6) is -0.952. The zero-order valence-electron chi connectivity index (χ0n) is 13.2. The number of rotatable bonds is 5. The summed E-state index contributed by atoms with van der Waals surface area (Å²) in [6.45, 7) is 3.45. The molecule has 0 fully saturated rings. The van der Waals surface area contributed by atoms with Crippen molar-refractivity contribution in [3.63, 3.8) is 0 Å². The van der Waals surface area contributed by atoms with Crippen LogP contribution in [0.3, 0.4) is 0 Å². The summed E-state index contributed by atoms with van der Waals surface area (Å²) in [5.41, 5.74) is 0.309. The number of halogens is 3. The zero-order valence-corrected chi connectivity index (χ0v) is 13.2. The summed E-state index contributed by atoms with van der Waals surface area (Å²) in [5, 5.41) is 0. The van der Waals surface area contributed by atoms with Crippen molar-refractivity contribution in [2.45, 2.75) is 26.4 Å². The molecule has 0 saturated heterocycles. The van der Waals surface area contributed by atoms with Crippen LogP contribution in [0.5, 0.6) is 0 Å². The van der Waals surface area contributed by atoms with Gasteiger partial charge in [-0.1, -0.05) is 18.2 Å². The highest BCUT2D eigenvalue weighted by Crippen LogP contribution is 2.29. The lowest BCUT2D eigenvalue weighted by Crippen LogP contribution is -2.09. The minimum atomic E-state index is -4.46. The molecule has 128 valence electrons. The van der Waals surface area contributed by atoms with Crippen LogP contribution in [0.1, 0.15) is 44.5 Å². The van der Waals surface area contributed by atoms with Crippen molar-refractivity contribution in [2.24, 2.45) is 0 Å². The van der Waals surface area contributed by atoms with Gasteiger partial charge in [0.15, 0.2) is 5.78 Å². The molecule has 0 spiro atoms. The first kappa shape index (κ1) is 17.8. The number of alkyl halides is 3. The van der Waals surface area contributed by atoms with Gasteiger partial charge in [-0.15, -0.1) is 0 Å². The summed E-state index contributed by atoms with van der Waals surface area (Å²) >= 11 is 0. The van der Waals surface area contributed by atoms with Gasteiger partial charge in [-0.25, -0.2) is 4.79 Å². The molecule has 2 aromatic rings. The molecule has 0 amide bonds. The number of aromatic amines is 1. The number of carbonyl (C=O) groups is 2. The van der Waals surface area contributed by atoms with E-state index in [0.29, 0.717) is 5.56 Å². The third-order valence-corrected chi connectivity index (χ3v) is 3.54. The van der Waals surface area contributed by atoms with Crippen LogP contribution in [0, 0.1) is 6.92 Å². The fraction of sp³-hybridized carbons (Fsp3) is 0.294.